The van der Waals surface area contributed by atoms with E-state index in [0.29, 0.717) is 11.6 Å². The standard InChI is InChI=1S/C18H12F3NOS/c19-13-5-3-11(4-6-13)17(16-2-1-7-24-16)22-18(23)12-8-14(20)10-15(21)9-12/h1-10,17H,(H,22,23)/t17-/m1/s1. The van der Waals surface area contributed by atoms with Gasteiger partial charge in [0.1, 0.15) is 17.5 Å². The van der Waals surface area contributed by atoms with Crippen molar-refractivity contribution in [3.63, 3.8) is 0 Å². The Bertz CT molecular complexity index is 827. The first kappa shape index (κ1) is 16.3. The molecule has 1 amide bonds. The second-order valence-corrected chi connectivity index (χ2v) is 6.11. The Labute approximate surface area is 140 Å². The Morgan fingerprint density at radius 1 is 0.917 bits per heavy atom. The lowest BCUT2D eigenvalue weighted by atomic mass is 10.0. The van der Waals surface area contributed by atoms with Crippen LogP contribution in [0.4, 0.5) is 13.2 Å². The first-order valence-corrected chi connectivity index (χ1v) is 7.97. The van der Waals surface area contributed by atoms with Gasteiger partial charge in [-0.3, -0.25) is 4.79 Å². The number of hydrogen-bond donors (Lipinski definition) is 1. The number of carbonyl (C=O) groups excluding carboxylic acids is 1. The summed E-state index contributed by atoms with van der Waals surface area (Å²) in [5, 5.41) is 4.59. The molecule has 0 bridgehead atoms. The predicted octanol–water partition coefficient (Wildman–Crippen LogP) is 4.68. The molecule has 24 heavy (non-hydrogen) atoms. The van der Waals surface area contributed by atoms with Crippen molar-refractivity contribution in [2.24, 2.45) is 0 Å². The summed E-state index contributed by atoms with van der Waals surface area (Å²) >= 11 is 1.42. The van der Waals surface area contributed by atoms with Crippen LogP contribution in [0.5, 0.6) is 0 Å². The van der Waals surface area contributed by atoms with Gasteiger partial charge in [0.25, 0.3) is 5.91 Å². The molecule has 0 aliphatic rings. The number of halogens is 3. The van der Waals surface area contributed by atoms with Crippen molar-refractivity contribution in [2.45, 2.75) is 6.04 Å². The van der Waals surface area contributed by atoms with Gasteiger partial charge < -0.3 is 5.32 Å². The van der Waals surface area contributed by atoms with Gasteiger partial charge in [-0.1, -0.05) is 18.2 Å². The van der Waals surface area contributed by atoms with Gasteiger partial charge in [0, 0.05) is 16.5 Å². The summed E-state index contributed by atoms with van der Waals surface area (Å²) in [5.41, 5.74) is 0.556. The number of amides is 1. The van der Waals surface area contributed by atoms with Crippen molar-refractivity contribution in [1.29, 1.82) is 0 Å². The maximum absolute atomic E-state index is 13.3. The van der Waals surface area contributed by atoms with Crippen LogP contribution in [0.25, 0.3) is 0 Å². The summed E-state index contributed by atoms with van der Waals surface area (Å²) in [6.45, 7) is 0. The fourth-order valence-electron chi connectivity index (χ4n) is 2.33. The Kier molecular flexibility index (Phi) is 4.66. The van der Waals surface area contributed by atoms with Gasteiger partial charge in [0.05, 0.1) is 6.04 Å². The molecule has 2 aromatic carbocycles. The minimum Gasteiger partial charge on any atom is -0.340 e. The number of carbonyl (C=O) groups is 1. The van der Waals surface area contributed by atoms with Gasteiger partial charge in [-0.15, -0.1) is 11.3 Å². The molecule has 1 heterocycles. The molecule has 0 spiro atoms. The first-order valence-electron chi connectivity index (χ1n) is 7.09. The van der Waals surface area contributed by atoms with Crippen LogP contribution in [0.1, 0.15) is 26.8 Å². The third kappa shape index (κ3) is 3.65. The maximum Gasteiger partial charge on any atom is 0.252 e. The number of nitrogens with one attached hydrogen (secondary N) is 1. The van der Waals surface area contributed by atoms with Crippen LogP contribution in [-0.2, 0) is 0 Å². The van der Waals surface area contributed by atoms with Crippen molar-refractivity contribution in [2.75, 3.05) is 0 Å². The van der Waals surface area contributed by atoms with Crippen LogP contribution in [0, 0.1) is 17.5 Å². The topological polar surface area (TPSA) is 29.1 Å². The molecule has 0 radical (unpaired) electrons. The van der Waals surface area contributed by atoms with E-state index in [2.05, 4.69) is 5.32 Å². The lowest BCUT2D eigenvalue weighted by Gasteiger charge is -2.18. The monoisotopic (exact) mass is 347 g/mol. The molecule has 1 N–H and O–H groups in total. The summed E-state index contributed by atoms with van der Waals surface area (Å²) in [6.07, 6.45) is 0. The molecule has 122 valence electrons. The minimum absolute atomic E-state index is 0.115. The molecule has 2 nitrogen and oxygen atoms in total. The van der Waals surface area contributed by atoms with E-state index in [1.807, 2.05) is 17.5 Å². The van der Waals surface area contributed by atoms with E-state index in [1.165, 1.54) is 23.5 Å². The largest absolute Gasteiger partial charge is 0.340 e. The molecule has 3 aromatic rings. The van der Waals surface area contributed by atoms with Gasteiger partial charge in [-0.05, 0) is 41.3 Å². The number of rotatable bonds is 4. The highest BCUT2D eigenvalue weighted by Crippen LogP contribution is 2.26. The van der Waals surface area contributed by atoms with E-state index in [1.54, 1.807) is 12.1 Å². The fourth-order valence-corrected chi connectivity index (χ4v) is 3.13. The summed E-state index contributed by atoms with van der Waals surface area (Å²) in [4.78, 5) is 13.2. The molecule has 0 aliphatic heterocycles. The third-order valence-corrected chi connectivity index (χ3v) is 4.37. The van der Waals surface area contributed by atoms with Crippen LogP contribution >= 0.6 is 11.3 Å². The molecule has 6 heteroatoms. The zero-order chi connectivity index (χ0) is 17.1. The van der Waals surface area contributed by atoms with Crippen molar-refractivity contribution in [3.05, 3.63) is 93.4 Å². The SMILES string of the molecule is O=C(N[C@H](c1ccc(F)cc1)c1cccs1)c1cc(F)cc(F)c1. The van der Waals surface area contributed by atoms with Crippen molar-refractivity contribution in [3.8, 4) is 0 Å². The molecule has 0 saturated heterocycles. The van der Waals surface area contributed by atoms with E-state index >= 15 is 0 Å². The first-order chi connectivity index (χ1) is 11.5. The number of hydrogen-bond acceptors (Lipinski definition) is 2. The van der Waals surface area contributed by atoms with Crippen LogP contribution in [0.15, 0.2) is 60.0 Å². The number of benzene rings is 2. The average Bonchev–Trinajstić information content (AvgIpc) is 3.06. The van der Waals surface area contributed by atoms with Crippen molar-refractivity contribution in [1.82, 2.24) is 5.32 Å². The normalized spacial score (nSPS) is 12.0. The molecule has 0 saturated carbocycles. The summed E-state index contributed by atoms with van der Waals surface area (Å²) in [7, 11) is 0. The van der Waals surface area contributed by atoms with Gasteiger partial charge in [0.2, 0.25) is 0 Å². The quantitative estimate of drug-likeness (QED) is 0.729. The van der Waals surface area contributed by atoms with Gasteiger partial charge in [0.15, 0.2) is 0 Å². The molecule has 1 aromatic heterocycles. The van der Waals surface area contributed by atoms with E-state index < -0.39 is 23.6 Å². The van der Waals surface area contributed by atoms with Crippen molar-refractivity contribution >= 4 is 17.2 Å². The Hall–Kier alpha value is -2.60. The molecule has 0 unspecified atom stereocenters. The van der Waals surface area contributed by atoms with Crippen LogP contribution in [-0.4, -0.2) is 5.91 Å². The van der Waals surface area contributed by atoms with Crippen LogP contribution < -0.4 is 5.32 Å². The van der Waals surface area contributed by atoms with Gasteiger partial charge in [-0.25, -0.2) is 13.2 Å². The number of thiophene rings is 1. The van der Waals surface area contributed by atoms with Gasteiger partial charge in [-0.2, -0.15) is 0 Å². The zero-order valence-electron chi connectivity index (χ0n) is 12.3. The zero-order valence-corrected chi connectivity index (χ0v) is 13.1. The van der Waals surface area contributed by atoms with Gasteiger partial charge >= 0.3 is 0 Å². The average molecular weight is 347 g/mol. The summed E-state index contributed by atoms with van der Waals surface area (Å²) < 4.78 is 39.8. The predicted molar refractivity (Wildman–Crippen MR) is 86.4 cm³/mol. The van der Waals surface area contributed by atoms with E-state index in [4.69, 9.17) is 0 Å². The van der Waals surface area contributed by atoms with Crippen molar-refractivity contribution < 1.29 is 18.0 Å². The maximum atomic E-state index is 13.3. The highest BCUT2D eigenvalue weighted by molar-refractivity contribution is 7.10. The third-order valence-electron chi connectivity index (χ3n) is 3.43. The Morgan fingerprint density at radius 2 is 1.58 bits per heavy atom. The minimum atomic E-state index is -0.824. The molecule has 0 fully saturated rings. The van der Waals surface area contributed by atoms with Crippen LogP contribution in [0.3, 0.4) is 0 Å². The smallest absolute Gasteiger partial charge is 0.252 e. The fraction of sp³-hybridized carbons (Fsp3) is 0.0556. The summed E-state index contributed by atoms with van der Waals surface area (Å²) in [5.74, 6) is -2.65. The second kappa shape index (κ2) is 6.88. The molecule has 1 atom stereocenters. The Balaban J connectivity index is 1.92. The lowest BCUT2D eigenvalue weighted by molar-refractivity contribution is 0.0942. The lowest BCUT2D eigenvalue weighted by Crippen LogP contribution is -2.29. The highest BCUT2D eigenvalue weighted by Gasteiger charge is 2.19. The van der Waals surface area contributed by atoms with E-state index in [0.717, 1.165) is 17.0 Å². The molecule has 0 aliphatic carbocycles. The highest BCUT2D eigenvalue weighted by atomic mass is 32.1. The van der Waals surface area contributed by atoms with Crippen LogP contribution in [0.2, 0.25) is 0 Å². The second-order valence-electron chi connectivity index (χ2n) is 5.13. The Morgan fingerprint density at radius 3 is 2.17 bits per heavy atom. The van der Waals surface area contributed by atoms with E-state index in [-0.39, 0.29) is 11.4 Å². The van der Waals surface area contributed by atoms with E-state index in [9.17, 15) is 18.0 Å². The molecule has 3 rings (SSSR count). The molecular formula is C18H12F3NOS. The molecular weight excluding hydrogens is 335 g/mol. The summed E-state index contributed by atoms with van der Waals surface area (Å²) in [6, 6.07) is 11.5.